The Kier molecular flexibility index (Phi) is 5.96. The smallest absolute Gasteiger partial charge is 0.128 e. The monoisotopic (exact) mass is 293 g/mol. The topological polar surface area (TPSA) is 69.4 Å². The Balaban J connectivity index is 1.97. The second-order valence-corrected chi connectivity index (χ2v) is 5.83. The van der Waals surface area contributed by atoms with Gasteiger partial charge in [0.25, 0.3) is 0 Å². The number of rotatable bonds is 7. The molecular formula is C16H27N3O2. The van der Waals surface area contributed by atoms with Gasteiger partial charge in [-0.25, -0.2) is 0 Å². The summed E-state index contributed by atoms with van der Waals surface area (Å²) in [5.41, 5.74) is 6.14. The zero-order valence-electron chi connectivity index (χ0n) is 13.3. The largest absolute Gasteiger partial charge is 0.496 e. The van der Waals surface area contributed by atoms with Crippen LogP contribution in [0.15, 0.2) is 6.20 Å². The highest BCUT2D eigenvalue weighted by Crippen LogP contribution is 2.25. The molecule has 1 aromatic rings. The highest BCUT2D eigenvalue weighted by atomic mass is 16.5. The third-order valence-corrected chi connectivity index (χ3v) is 4.29. The molecule has 1 fully saturated rings. The van der Waals surface area contributed by atoms with Crippen LogP contribution >= 0.6 is 0 Å². The fraction of sp³-hybridized carbons (Fsp3) is 0.688. The van der Waals surface area contributed by atoms with E-state index in [1.54, 1.807) is 7.11 Å². The van der Waals surface area contributed by atoms with E-state index in [4.69, 9.17) is 15.3 Å². The molecule has 1 saturated heterocycles. The van der Waals surface area contributed by atoms with Crippen LogP contribution in [0, 0.1) is 13.8 Å². The first-order valence-corrected chi connectivity index (χ1v) is 7.72. The van der Waals surface area contributed by atoms with E-state index in [0.717, 1.165) is 48.4 Å². The molecule has 0 bridgehead atoms. The van der Waals surface area contributed by atoms with Crippen LogP contribution in [0.25, 0.3) is 0 Å². The summed E-state index contributed by atoms with van der Waals surface area (Å²) >= 11 is 0. The fourth-order valence-electron chi connectivity index (χ4n) is 3.01. The van der Waals surface area contributed by atoms with Gasteiger partial charge < -0.3 is 9.47 Å². The van der Waals surface area contributed by atoms with Crippen LogP contribution in [0.2, 0.25) is 0 Å². The molecule has 2 unspecified atom stereocenters. The first-order valence-electron chi connectivity index (χ1n) is 7.72. The summed E-state index contributed by atoms with van der Waals surface area (Å²) < 4.78 is 11.1. The molecule has 5 heteroatoms. The van der Waals surface area contributed by atoms with E-state index >= 15 is 0 Å². The van der Waals surface area contributed by atoms with Crippen molar-refractivity contribution in [3.8, 4) is 5.75 Å². The molecule has 21 heavy (non-hydrogen) atoms. The molecule has 2 atom stereocenters. The van der Waals surface area contributed by atoms with Crippen molar-refractivity contribution < 1.29 is 9.47 Å². The van der Waals surface area contributed by atoms with Crippen LogP contribution in [0.1, 0.15) is 42.5 Å². The van der Waals surface area contributed by atoms with E-state index < -0.39 is 0 Å². The van der Waals surface area contributed by atoms with Gasteiger partial charge in [0.15, 0.2) is 0 Å². The average molecular weight is 293 g/mol. The molecule has 0 saturated carbocycles. The zero-order valence-corrected chi connectivity index (χ0v) is 13.3. The highest BCUT2D eigenvalue weighted by Gasteiger charge is 2.19. The zero-order chi connectivity index (χ0) is 15.2. The quantitative estimate of drug-likeness (QED) is 0.595. The van der Waals surface area contributed by atoms with Crippen molar-refractivity contribution in [2.75, 3.05) is 13.7 Å². The lowest BCUT2D eigenvalue weighted by molar-refractivity contribution is 0.0995. The van der Waals surface area contributed by atoms with Crippen molar-refractivity contribution >= 4 is 0 Å². The van der Waals surface area contributed by atoms with Crippen LogP contribution in [0.4, 0.5) is 0 Å². The highest BCUT2D eigenvalue weighted by molar-refractivity contribution is 5.41. The number of hydrogen-bond acceptors (Lipinski definition) is 5. The van der Waals surface area contributed by atoms with Crippen LogP contribution in [-0.4, -0.2) is 30.8 Å². The van der Waals surface area contributed by atoms with Crippen molar-refractivity contribution in [2.24, 2.45) is 5.84 Å². The standard InChI is InChI=1S/C16H27N3O2/c1-11-10-18-15(12(2)16(11)20-3)9-13(19-17)6-7-14-5-4-8-21-14/h10,13-14,19H,4-9,17H2,1-3H3. The first-order chi connectivity index (χ1) is 10.2. The van der Waals surface area contributed by atoms with Crippen molar-refractivity contribution in [1.29, 1.82) is 0 Å². The van der Waals surface area contributed by atoms with Crippen LogP contribution in [0.3, 0.4) is 0 Å². The van der Waals surface area contributed by atoms with Gasteiger partial charge in [0.05, 0.1) is 13.2 Å². The number of methoxy groups -OCH3 is 1. The number of aromatic nitrogens is 1. The van der Waals surface area contributed by atoms with Gasteiger partial charge in [-0.2, -0.15) is 0 Å². The van der Waals surface area contributed by atoms with Gasteiger partial charge in [0, 0.05) is 42.1 Å². The summed E-state index contributed by atoms with van der Waals surface area (Å²) in [5.74, 6) is 6.63. The van der Waals surface area contributed by atoms with Gasteiger partial charge in [-0.05, 0) is 39.5 Å². The lowest BCUT2D eigenvalue weighted by Crippen LogP contribution is -2.37. The van der Waals surface area contributed by atoms with E-state index in [2.05, 4.69) is 17.3 Å². The molecule has 3 N–H and O–H groups in total. The molecule has 0 aromatic carbocycles. The summed E-state index contributed by atoms with van der Waals surface area (Å²) in [4.78, 5) is 4.55. The van der Waals surface area contributed by atoms with Crippen molar-refractivity contribution in [3.63, 3.8) is 0 Å². The first kappa shape index (κ1) is 16.2. The van der Waals surface area contributed by atoms with Gasteiger partial charge in [-0.1, -0.05) is 0 Å². The van der Waals surface area contributed by atoms with Crippen molar-refractivity contribution in [3.05, 3.63) is 23.0 Å². The number of hydrazine groups is 1. The predicted octanol–water partition coefficient (Wildman–Crippen LogP) is 2.04. The van der Waals surface area contributed by atoms with Gasteiger partial charge in [0.2, 0.25) is 0 Å². The maximum absolute atomic E-state index is 5.71. The Morgan fingerprint density at radius 2 is 2.33 bits per heavy atom. The Bertz CT molecular complexity index is 459. The maximum atomic E-state index is 5.71. The lowest BCUT2D eigenvalue weighted by atomic mass is 9.99. The molecule has 1 aliphatic heterocycles. The number of pyridine rings is 1. The van der Waals surface area contributed by atoms with E-state index in [1.807, 2.05) is 13.1 Å². The molecule has 118 valence electrons. The van der Waals surface area contributed by atoms with Gasteiger partial charge in [0.1, 0.15) is 5.75 Å². The molecule has 0 amide bonds. The second-order valence-electron chi connectivity index (χ2n) is 5.83. The van der Waals surface area contributed by atoms with Crippen molar-refractivity contribution in [1.82, 2.24) is 10.4 Å². The van der Waals surface area contributed by atoms with Gasteiger partial charge in [-0.15, -0.1) is 0 Å². The Labute approximate surface area is 127 Å². The molecule has 0 spiro atoms. The third kappa shape index (κ3) is 4.15. The second kappa shape index (κ2) is 7.73. The predicted molar refractivity (Wildman–Crippen MR) is 83.3 cm³/mol. The van der Waals surface area contributed by atoms with Crippen molar-refractivity contribution in [2.45, 2.75) is 58.1 Å². The number of nitrogens with one attached hydrogen (secondary N) is 1. The number of nitrogens with zero attached hydrogens (tertiary/aromatic N) is 1. The molecule has 1 aliphatic rings. The minimum Gasteiger partial charge on any atom is -0.496 e. The normalized spacial score (nSPS) is 19.7. The minimum atomic E-state index is 0.216. The van der Waals surface area contributed by atoms with Crippen LogP contribution in [-0.2, 0) is 11.2 Å². The van der Waals surface area contributed by atoms with Crippen LogP contribution in [0.5, 0.6) is 5.75 Å². The van der Waals surface area contributed by atoms with Gasteiger partial charge in [-0.3, -0.25) is 16.3 Å². The molecule has 0 radical (unpaired) electrons. The number of ether oxygens (including phenoxy) is 2. The molecular weight excluding hydrogens is 266 g/mol. The maximum Gasteiger partial charge on any atom is 0.128 e. The SMILES string of the molecule is COc1c(C)cnc(CC(CCC2CCCO2)NN)c1C. The number of aryl methyl sites for hydroxylation is 1. The summed E-state index contributed by atoms with van der Waals surface area (Å²) in [6.45, 7) is 4.97. The molecule has 2 heterocycles. The molecule has 2 rings (SSSR count). The summed E-state index contributed by atoms with van der Waals surface area (Å²) in [6, 6.07) is 0.216. The minimum absolute atomic E-state index is 0.216. The van der Waals surface area contributed by atoms with E-state index in [1.165, 1.54) is 12.8 Å². The van der Waals surface area contributed by atoms with E-state index in [-0.39, 0.29) is 6.04 Å². The Morgan fingerprint density at radius 3 is 2.95 bits per heavy atom. The summed E-state index contributed by atoms with van der Waals surface area (Å²) in [7, 11) is 1.70. The van der Waals surface area contributed by atoms with E-state index in [0.29, 0.717) is 6.10 Å². The van der Waals surface area contributed by atoms with Gasteiger partial charge >= 0.3 is 0 Å². The molecule has 5 nitrogen and oxygen atoms in total. The summed E-state index contributed by atoms with van der Waals surface area (Å²) in [6.07, 6.45) is 7.49. The van der Waals surface area contributed by atoms with Crippen LogP contribution < -0.4 is 16.0 Å². The summed E-state index contributed by atoms with van der Waals surface area (Å²) in [5, 5.41) is 0. The fourth-order valence-corrected chi connectivity index (χ4v) is 3.01. The molecule has 0 aliphatic carbocycles. The average Bonchev–Trinajstić information content (AvgIpc) is 2.99. The number of nitrogens with two attached hydrogens (primary N) is 1. The lowest BCUT2D eigenvalue weighted by Gasteiger charge is -2.19. The molecule has 1 aromatic heterocycles. The third-order valence-electron chi connectivity index (χ3n) is 4.29. The number of hydrogen-bond donors (Lipinski definition) is 2. The Hall–Kier alpha value is -1.17. The Morgan fingerprint density at radius 1 is 1.52 bits per heavy atom. The van der Waals surface area contributed by atoms with E-state index in [9.17, 15) is 0 Å².